The molecule has 0 radical (unpaired) electrons. The molecule has 0 amide bonds. The van der Waals surface area contributed by atoms with Gasteiger partial charge in [0.1, 0.15) is 0 Å². The van der Waals surface area contributed by atoms with Crippen LogP contribution < -0.4 is 0 Å². The van der Waals surface area contributed by atoms with Crippen molar-refractivity contribution in [2.45, 2.75) is 11.8 Å². The molecule has 1 heteroatoms. The van der Waals surface area contributed by atoms with Crippen LogP contribution in [-0.2, 0) is 11.8 Å². The van der Waals surface area contributed by atoms with Crippen molar-refractivity contribution in [1.82, 2.24) is 0 Å². The number of hydrogen-bond donors (Lipinski definition) is 0. The van der Waals surface area contributed by atoms with Crippen LogP contribution in [0.15, 0.2) is 108 Å². The molecule has 4 aromatic rings. The summed E-state index contributed by atoms with van der Waals surface area (Å²) in [6, 6.07) is 37.3. The quantitative estimate of drug-likeness (QED) is 0.340. The Balaban J connectivity index is 1.88. The summed E-state index contributed by atoms with van der Waals surface area (Å²) in [4.78, 5) is 0. The lowest BCUT2D eigenvalue weighted by Crippen LogP contribution is -2.29. The van der Waals surface area contributed by atoms with Gasteiger partial charge in [-0.25, -0.2) is 0 Å². The summed E-state index contributed by atoms with van der Waals surface area (Å²) in [5, 5.41) is 0. The third-order valence-corrected chi connectivity index (χ3v) is 6.37. The lowest BCUT2D eigenvalue weighted by atomic mass is 9.69. The fourth-order valence-electron chi connectivity index (χ4n) is 4.60. The summed E-state index contributed by atoms with van der Waals surface area (Å²) in [6.45, 7) is 0. The lowest BCUT2D eigenvalue weighted by Gasteiger charge is -2.33. The summed E-state index contributed by atoms with van der Waals surface area (Å²) in [5.41, 5.74) is 7.95. The van der Waals surface area contributed by atoms with Crippen molar-refractivity contribution in [2.75, 3.05) is 0 Å². The molecule has 0 N–H and O–H groups in total. The lowest BCUT2D eigenvalue weighted by molar-refractivity contribution is 0.629. The van der Waals surface area contributed by atoms with Crippen LogP contribution in [0.1, 0.15) is 22.3 Å². The molecule has 1 aliphatic carbocycles. The molecule has 0 aromatic heterocycles. The van der Waals surface area contributed by atoms with E-state index >= 15 is 0 Å². The summed E-state index contributed by atoms with van der Waals surface area (Å²) in [7, 11) is 0. The second-order valence-electron chi connectivity index (χ2n) is 7.14. The van der Waals surface area contributed by atoms with E-state index in [4.69, 9.17) is 0 Å². The molecular weight excluding hydrogens is 392 g/mol. The molecule has 27 heavy (non-hydrogen) atoms. The normalized spacial score (nSPS) is 17.4. The molecule has 0 aliphatic heterocycles. The second-order valence-corrected chi connectivity index (χ2v) is 8.00. The summed E-state index contributed by atoms with van der Waals surface area (Å²) >= 11 is 3.83. The Hall–Kier alpha value is -2.64. The maximum Gasteiger partial charge on any atom is 0.0504 e. The molecule has 0 fully saturated rings. The third kappa shape index (κ3) is 2.49. The zero-order valence-corrected chi connectivity index (χ0v) is 16.5. The van der Waals surface area contributed by atoms with E-state index in [1.165, 1.54) is 37.9 Å². The molecule has 4 aromatic carbocycles. The van der Waals surface area contributed by atoms with Crippen molar-refractivity contribution >= 4 is 15.9 Å². The van der Waals surface area contributed by atoms with Crippen LogP contribution in [0.5, 0.6) is 0 Å². The van der Waals surface area contributed by atoms with Gasteiger partial charge in [-0.2, -0.15) is 0 Å². The summed E-state index contributed by atoms with van der Waals surface area (Å²) in [6.07, 6.45) is 0.943. The smallest absolute Gasteiger partial charge is 0.0504 e. The maximum absolute atomic E-state index is 3.83. The zero-order chi connectivity index (χ0) is 18.3. The Morgan fingerprint density at radius 1 is 0.593 bits per heavy atom. The van der Waals surface area contributed by atoms with E-state index in [0.717, 1.165) is 6.42 Å². The molecule has 0 heterocycles. The molecule has 1 unspecified atom stereocenters. The highest BCUT2D eigenvalue weighted by Gasteiger charge is 2.45. The first kappa shape index (κ1) is 16.5. The SMILES string of the molecule is Brc1cccc2c1-c1ccccc1C2(Cc1ccccc1)c1ccccc1. The molecule has 0 bridgehead atoms. The van der Waals surface area contributed by atoms with Crippen molar-refractivity contribution in [2.24, 2.45) is 0 Å². The standard InChI is InChI=1S/C26H19Br/c27-24-17-9-16-23-25(24)21-14-7-8-15-22(21)26(23,20-12-5-2-6-13-20)18-19-10-3-1-4-11-19/h1-17H,18H2. The predicted molar refractivity (Wildman–Crippen MR) is 116 cm³/mol. The zero-order valence-electron chi connectivity index (χ0n) is 14.9. The molecule has 0 nitrogen and oxygen atoms in total. The van der Waals surface area contributed by atoms with Gasteiger partial charge in [-0.15, -0.1) is 0 Å². The summed E-state index contributed by atoms with van der Waals surface area (Å²) < 4.78 is 1.17. The van der Waals surface area contributed by atoms with Crippen molar-refractivity contribution in [3.8, 4) is 11.1 Å². The Bertz CT molecular complexity index is 1100. The Morgan fingerprint density at radius 3 is 2.00 bits per heavy atom. The van der Waals surface area contributed by atoms with E-state index in [2.05, 4.69) is 119 Å². The monoisotopic (exact) mass is 410 g/mol. The molecular formula is C26H19Br. The van der Waals surface area contributed by atoms with Crippen LogP contribution in [-0.4, -0.2) is 0 Å². The van der Waals surface area contributed by atoms with Gasteiger partial charge in [-0.1, -0.05) is 113 Å². The van der Waals surface area contributed by atoms with Gasteiger partial charge in [-0.3, -0.25) is 0 Å². The Kier molecular flexibility index (Phi) is 3.98. The van der Waals surface area contributed by atoms with Crippen molar-refractivity contribution in [3.05, 3.63) is 130 Å². The summed E-state index contributed by atoms with van der Waals surface area (Å²) in [5.74, 6) is 0. The van der Waals surface area contributed by atoms with Gasteiger partial charge in [0.05, 0.1) is 5.41 Å². The Morgan fingerprint density at radius 2 is 1.22 bits per heavy atom. The number of rotatable bonds is 3. The van der Waals surface area contributed by atoms with Gasteiger partial charge < -0.3 is 0 Å². The highest BCUT2D eigenvalue weighted by molar-refractivity contribution is 9.10. The third-order valence-electron chi connectivity index (χ3n) is 5.71. The minimum Gasteiger partial charge on any atom is -0.0622 e. The van der Waals surface area contributed by atoms with Crippen LogP contribution in [0, 0.1) is 0 Å². The topological polar surface area (TPSA) is 0 Å². The maximum atomic E-state index is 3.83. The number of halogens is 1. The largest absolute Gasteiger partial charge is 0.0622 e. The molecule has 5 rings (SSSR count). The number of hydrogen-bond acceptors (Lipinski definition) is 0. The van der Waals surface area contributed by atoms with Crippen molar-refractivity contribution < 1.29 is 0 Å². The highest BCUT2D eigenvalue weighted by Crippen LogP contribution is 2.55. The molecule has 0 saturated carbocycles. The fourth-order valence-corrected chi connectivity index (χ4v) is 5.18. The van der Waals surface area contributed by atoms with E-state index in [-0.39, 0.29) is 5.41 Å². The Labute approximate surface area is 168 Å². The van der Waals surface area contributed by atoms with E-state index < -0.39 is 0 Å². The van der Waals surface area contributed by atoms with Gasteiger partial charge in [0.25, 0.3) is 0 Å². The first-order valence-electron chi connectivity index (χ1n) is 9.29. The minimum atomic E-state index is -0.182. The average molecular weight is 411 g/mol. The van der Waals surface area contributed by atoms with Gasteiger partial charge in [-0.05, 0) is 40.3 Å². The van der Waals surface area contributed by atoms with Crippen molar-refractivity contribution in [3.63, 3.8) is 0 Å². The van der Waals surface area contributed by atoms with Crippen LogP contribution in [0.2, 0.25) is 0 Å². The van der Waals surface area contributed by atoms with Gasteiger partial charge in [0, 0.05) is 10.0 Å². The van der Waals surface area contributed by atoms with E-state index in [0.29, 0.717) is 0 Å². The average Bonchev–Trinajstić information content (AvgIpc) is 3.02. The predicted octanol–water partition coefficient (Wildman–Crippen LogP) is 7.01. The highest BCUT2D eigenvalue weighted by atomic mass is 79.9. The fraction of sp³-hybridized carbons (Fsp3) is 0.0769. The van der Waals surface area contributed by atoms with Crippen LogP contribution in [0.4, 0.5) is 0 Å². The molecule has 0 saturated heterocycles. The molecule has 0 spiro atoms. The molecule has 1 aliphatic rings. The van der Waals surface area contributed by atoms with E-state index in [1.54, 1.807) is 0 Å². The first-order valence-corrected chi connectivity index (χ1v) is 10.1. The number of benzene rings is 4. The van der Waals surface area contributed by atoms with Crippen molar-refractivity contribution in [1.29, 1.82) is 0 Å². The van der Waals surface area contributed by atoms with Gasteiger partial charge in [0.15, 0.2) is 0 Å². The van der Waals surface area contributed by atoms with E-state index in [1.807, 2.05) is 0 Å². The second kappa shape index (κ2) is 6.51. The van der Waals surface area contributed by atoms with E-state index in [9.17, 15) is 0 Å². The van der Waals surface area contributed by atoms with Crippen LogP contribution in [0.3, 0.4) is 0 Å². The number of fused-ring (bicyclic) bond motifs is 3. The van der Waals surface area contributed by atoms with Crippen LogP contribution >= 0.6 is 15.9 Å². The van der Waals surface area contributed by atoms with Gasteiger partial charge >= 0.3 is 0 Å². The molecule has 1 atom stereocenters. The minimum absolute atomic E-state index is 0.182. The first-order chi connectivity index (χ1) is 13.3. The van der Waals surface area contributed by atoms with Gasteiger partial charge in [0.2, 0.25) is 0 Å². The molecule has 130 valence electrons. The van der Waals surface area contributed by atoms with Crippen LogP contribution in [0.25, 0.3) is 11.1 Å².